The molecule has 3 aliphatic rings. The predicted molar refractivity (Wildman–Crippen MR) is 50.8 cm³/mol. The zero-order valence-electron chi connectivity index (χ0n) is 8.40. The topological polar surface area (TPSA) is 28.0 Å². The summed E-state index contributed by atoms with van der Waals surface area (Å²) in [5.74, 6) is 0. The highest BCUT2D eigenvalue weighted by Gasteiger charge is 2.60. The molecule has 2 heterocycles. The first-order valence-electron chi connectivity index (χ1n) is 5.34. The second-order valence-electron chi connectivity index (χ2n) is 4.91. The van der Waals surface area contributed by atoms with Gasteiger partial charge in [-0.15, -0.1) is 0 Å². The number of rotatable bonds is 0. The van der Waals surface area contributed by atoms with Crippen LogP contribution in [0, 0.1) is 5.41 Å². The minimum atomic E-state index is 0.453. The van der Waals surface area contributed by atoms with Crippen molar-refractivity contribution in [3.8, 4) is 0 Å². The Morgan fingerprint density at radius 3 is 3.15 bits per heavy atom. The predicted octanol–water partition coefficient (Wildman–Crippen LogP) is 1.69. The van der Waals surface area contributed by atoms with E-state index in [1.807, 2.05) is 0 Å². The standard InChI is InChI=1S/C10H17N3/c1-7-9-10(6-11-12-9)5-3-4-8(10)13(7)2/h7-9H,3-6H2,1-2H3. The largest absolute Gasteiger partial charge is 0.298 e. The summed E-state index contributed by atoms with van der Waals surface area (Å²) in [5.41, 5.74) is 0.453. The zero-order valence-corrected chi connectivity index (χ0v) is 8.40. The lowest BCUT2D eigenvalue weighted by molar-refractivity contribution is 0.206. The van der Waals surface area contributed by atoms with Gasteiger partial charge >= 0.3 is 0 Å². The Morgan fingerprint density at radius 2 is 2.31 bits per heavy atom. The van der Waals surface area contributed by atoms with Crippen molar-refractivity contribution in [3.05, 3.63) is 0 Å². The first-order chi connectivity index (χ1) is 6.26. The third-order valence-electron chi connectivity index (χ3n) is 4.53. The van der Waals surface area contributed by atoms with Gasteiger partial charge in [-0.3, -0.25) is 4.90 Å². The molecule has 2 fully saturated rings. The summed E-state index contributed by atoms with van der Waals surface area (Å²) in [7, 11) is 2.26. The Kier molecular flexibility index (Phi) is 1.41. The quantitative estimate of drug-likeness (QED) is 0.556. The molecule has 0 radical (unpaired) electrons. The van der Waals surface area contributed by atoms with E-state index in [1.165, 1.54) is 19.3 Å². The summed E-state index contributed by atoms with van der Waals surface area (Å²) in [5, 5.41) is 8.73. The highest BCUT2D eigenvalue weighted by Crippen LogP contribution is 2.54. The summed E-state index contributed by atoms with van der Waals surface area (Å²) >= 11 is 0. The van der Waals surface area contributed by atoms with E-state index in [0.29, 0.717) is 17.5 Å². The van der Waals surface area contributed by atoms with Crippen molar-refractivity contribution in [3.63, 3.8) is 0 Å². The van der Waals surface area contributed by atoms with Gasteiger partial charge in [0.05, 0.1) is 12.6 Å². The normalized spacial score (nSPS) is 54.2. The Balaban J connectivity index is 2.04. The van der Waals surface area contributed by atoms with Crippen LogP contribution in [0.15, 0.2) is 10.2 Å². The molecule has 0 aromatic rings. The van der Waals surface area contributed by atoms with E-state index in [4.69, 9.17) is 0 Å². The van der Waals surface area contributed by atoms with Gasteiger partial charge in [-0.05, 0) is 26.8 Å². The average molecular weight is 179 g/mol. The smallest absolute Gasteiger partial charge is 0.0949 e. The molecule has 0 aromatic heterocycles. The highest BCUT2D eigenvalue weighted by atomic mass is 15.3. The van der Waals surface area contributed by atoms with Crippen LogP contribution >= 0.6 is 0 Å². The molecular formula is C10H17N3. The van der Waals surface area contributed by atoms with Gasteiger partial charge in [-0.25, -0.2) is 0 Å². The second-order valence-corrected chi connectivity index (χ2v) is 4.91. The third kappa shape index (κ3) is 0.749. The lowest BCUT2D eigenvalue weighted by Crippen LogP contribution is -2.36. The van der Waals surface area contributed by atoms with Crippen LogP contribution in [0.25, 0.3) is 0 Å². The molecule has 3 heteroatoms. The minimum absolute atomic E-state index is 0.453. The maximum atomic E-state index is 4.45. The van der Waals surface area contributed by atoms with Crippen LogP contribution in [0.3, 0.4) is 0 Å². The molecule has 3 rings (SSSR count). The molecule has 1 aliphatic carbocycles. The second kappa shape index (κ2) is 2.32. The minimum Gasteiger partial charge on any atom is -0.298 e. The van der Waals surface area contributed by atoms with Crippen molar-refractivity contribution >= 4 is 0 Å². The molecule has 4 atom stereocenters. The van der Waals surface area contributed by atoms with E-state index in [2.05, 4.69) is 29.1 Å². The molecule has 2 aliphatic heterocycles. The van der Waals surface area contributed by atoms with E-state index in [9.17, 15) is 0 Å². The summed E-state index contributed by atoms with van der Waals surface area (Å²) in [4.78, 5) is 2.54. The van der Waals surface area contributed by atoms with Crippen molar-refractivity contribution in [2.45, 2.75) is 44.3 Å². The fourth-order valence-corrected chi connectivity index (χ4v) is 3.77. The van der Waals surface area contributed by atoms with E-state index >= 15 is 0 Å². The average Bonchev–Trinajstić information content (AvgIpc) is 2.75. The molecule has 1 spiro atoms. The first-order valence-corrected chi connectivity index (χ1v) is 5.34. The van der Waals surface area contributed by atoms with Crippen LogP contribution in [-0.2, 0) is 0 Å². The number of hydrogen-bond acceptors (Lipinski definition) is 3. The highest BCUT2D eigenvalue weighted by molar-refractivity contribution is 5.16. The van der Waals surface area contributed by atoms with E-state index in [0.717, 1.165) is 12.6 Å². The van der Waals surface area contributed by atoms with Gasteiger partial charge in [0.15, 0.2) is 0 Å². The van der Waals surface area contributed by atoms with Crippen LogP contribution in [0.1, 0.15) is 26.2 Å². The number of hydrogen-bond donors (Lipinski definition) is 0. The van der Waals surface area contributed by atoms with E-state index in [-0.39, 0.29) is 0 Å². The molecule has 0 aromatic carbocycles. The summed E-state index contributed by atoms with van der Waals surface area (Å²) in [6, 6.07) is 1.88. The lowest BCUT2D eigenvalue weighted by Gasteiger charge is -2.27. The Bertz CT molecular complexity index is 263. The van der Waals surface area contributed by atoms with Crippen LogP contribution in [0.2, 0.25) is 0 Å². The maximum Gasteiger partial charge on any atom is 0.0949 e. The van der Waals surface area contributed by atoms with Gasteiger partial charge in [-0.2, -0.15) is 10.2 Å². The van der Waals surface area contributed by atoms with Crippen molar-refractivity contribution in [2.24, 2.45) is 15.6 Å². The van der Waals surface area contributed by atoms with Crippen molar-refractivity contribution in [2.75, 3.05) is 13.6 Å². The molecule has 0 N–H and O–H groups in total. The fraction of sp³-hybridized carbons (Fsp3) is 1.00. The molecular weight excluding hydrogens is 162 g/mol. The monoisotopic (exact) mass is 179 g/mol. The first kappa shape index (κ1) is 7.92. The summed E-state index contributed by atoms with van der Waals surface area (Å²) in [6.45, 7) is 3.30. The zero-order chi connectivity index (χ0) is 9.05. The molecule has 0 bridgehead atoms. The fourth-order valence-electron chi connectivity index (χ4n) is 3.77. The molecule has 3 nitrogen and oxygen atoms in total. The molecule has 1 saturated carbocycles. The summed E-state index contributed by atoms with van der Waals surface area (Å²) < 4.78 is 0. The molecule has 72 valence electrons. The molecule has 13 heavy (non-hydrogen) atoms. The van der Waals surface area contributed by atoms with Gasteiger partial charge in [0.25, 0.3) is 0 Å². The Morgan fingerprint density at radius 1 is 1.46 bits per heavy atom. The van der Waals surface area contributed by atoms with Crippen LogP contribution in [-0.4, -0.2) is 36.6 Å². The maximum absolute atomic E-state index is 4.45. The summed E-state index contributed by atoms with van der Waals surface area (Å²) in [6.07, 6.45) is 4.09. The van der Waals surface area contributed by atoms with Gasteiger partial charge in [0.1, 0.15) is 0 Å². The van der Waals surface area contributed by atoms with Crippen molar-refractivity contribution in [1.82, 2.24) is 4.90 Å². The Hall–Kier alpha value is -0.440. The van der Waals surface area contributed by atoms with Crippen LogP contribution in [0.5, 0.6) is 0 Å². The van der Waals surface area contributed by atoms with E-state index in [1.54, 1.807) is 0 Å². The molecule has 4 unspecified atom stereocenters. The number of azo groups is 1. The van der Waals surface area contributed by atoms with Gasteiger partial charge in [-0.1, -0.05) is 6.42 Å². The Labute approximate surface area is 79.2 Å². The van der Waals surface area contributed by atoms with Crippen molar-refractivity contribution < 1.29 is 0 Å². The molecule has 0 amide bonds. The van der Waals surface area contributed by atoms with Crippen molar-refractivity contribution in [1.29, 1.82) is 0 Å². The van der Waals surface area contributed by atoms with Gasteiger partial charge in [0.2, 0.25) is 0 Å². The number of likely N-dealkylation sites (tertiary alicyclic amines) is 1. The number of nitrogens with zero attached hydrogens (tertiary/aromatic N) is 3. The lowest BCUT2D eigenvalue weighted by atomic mass is 9.78. The van der Waals surface area contributed by atoms with Crippen LogP contribution < -0.4 is 0 Å². The van der Waals surface area contributed by atoms with Gasteiger partial charge < -0.3 is 0 Å². The SMILES string of the molecule is CC1C2N=NCC23CCCC3N1C. The number of likely N-dealkylation sites (N-methyl/N-ethyl adjacent to an activating group) is 1. The van der Waals surface area contributed by atoms with Crippen LogP contribution in [0.4, 0.5) is 0 Å². The third-order valence-corrected chi connectivity index (χ3v) is 4.53. The molecule has 1 saturated heterocycles. The van der Waals surface area contributed by atoms with Gasteiger partial charge in [0, 0.05) is 17.5 Å². The van der Waals surface area contributed by atoms with E-state index < -0.39 is 0 Å².